The number of hydrogen-bond donors (Lipinski definition) is 3. The number of para-hydroxylation sites is 1. The van der Waals surface area contributed by atoms with Crippen LogP contribution in [0.3, 0.4) is 0 Å². The first-order valence-electron chi connectivity index (χ1n) is 4.71. The Morgan fingerprint density at radius 1 is 1.24 bits per heavy atom. The average Bonchev–Trinajstić information content (AvgIpc) is 2.24. The third-order valence-corrected chi connectivity index (χ3v) is 2.09. The van der Waals surface area contributed by atoms with Crippen LogP contribution in [0.2, 0.25) is 0 Å². The van der Waals surface area contributed by atoms with Crippen molar-refractivity contribution in [2.75, 3.05) is 6.54 Å². The van der Waals surface area contributed by atoms with E-state index in [1.807, 2.05) is 0 Å². The van der Waals surface area contributed by atoms with Gasteiger partial charge in [0.25, 0.3) is 0 Å². The molecule has 0 saturated heterocycles. The fraction of sp³-hybridized carbons (Fsp3) is 0.400. The molecule has 0 aliphatic carbocycles. The fourth-order valence-corrected chi connectivity index (χ4v) is 1.16. The van der Waals surface area contributed by atoms with Gasteiger partial charge in [-0.15, -0.1) is 0 Å². The maximum Gasteiger partial charge on any atom is 0.319 e. The zero-order chi connectivity index (χ0) is 13.1. The minimum Gasteiger partial charge on any atom is -0.504 e. The molecule has 0 unspecified atom stereocenters. The van der Waals surface area contributed by atoms with Crippen LogP contribution in [0.15, 0.2) is 18.2 Å². The van der Waals surface area contributed by atoms with Gasteiger partial charge in [-0.2, -0.15) is 8.78 Å². The highest BCUT2D eigenvalue weighted by atomic mass is 19.3. The van der Waals surface area contributed by atoms with Gasteiger partial charge in [0, 0.05) is 12.1 Å². The number of halogens is 4. The Balaban J connectivity index is 2.55. The van der Waals surface area contributed by atoms with Crippen molar-refractivity contribution in [3.63, 3.8) is 0 Å². The molecule has 0 spiro atoms. The Morgan fingerprint density at radius 3 is 2.47 bits per heavy atom. The van der Waals surface area contributed by atoms with Crippen LogP contribution in [-0.2, 0) is 6.54 Å². The predicted octanol–water partition coefficient (Wildman–Crippen LogP) is 2.09. The highest BCUT2D eigenvalue weighted by Gasteiger charge is 2.39. The van der Waals surface area contributed by atoms with Gasteiger partial charge in [0.1, 0.15) is 0 Å². The van der Waals surface area contributed by atoms with Crippen molar-refractivity contribution in [2.45, 2.75) is 18.9 Å². The van der Waals surface area contributed by atoms with Crippen molar-refractivity contribution in [1.82, 2.24) is 5.32 Å². The number of phenolic OH excluding ortho intramolecular Hbond substituents is 2. The van der Waals surface area contributed by atoms with E-state index in [-0.39, 0.29) is 12.1 Å². The van der Waals surface area contributed by atoms with Crippen LogP contribution in [0.25, 0.3) is 0 Å². The summed E-state index contributed by atoms with van der Waals surface area (Å²) >= 11 is 0. The summed E-state index contributed by atoms with van der Waals surface area (Å²) in [5, 5.41) is 20.5. The van der Waals surface area contributed by atoms with E-state index in [1.54, 1.807) is 0 Å². The number of hydrogen-bond acceptors (Lipinski definition) is 3. The van der Waals surface area contributed by atoms with Crippen LogP contribution < -0.4 is 5.32 Å². The largest absolute Gasteiger partial charge is 0.504 e. The zero-order valence-corrected chi connectivity index (χ0v) is 8.63. The topological polar surface area (TPSA) is 52.5 Å². The first-order chi connectivity index (χ1) is 7.84. The van der Waals surface area contributed by atoms with Gasteiger partial charge >= 0.3 is 12.3 Å². The lowest BCUT2D eigenvalue weighted by molar-refractivity contribution is -0.125. The van der Waals surface area contributed by atoms with Crippen LogP contribution in [0.1, 0.15) is 5.56 Å². The minimum absolute atomic E-state index is 0.148. The summed E-state index contributed by atoms with van der Waals surface area (Å²) in [6, 6.07) is 3.99. The monoisotopic (exact) mass is 253 g/mol. The van der Waals surface area contributed by atoms with Gasteiger partial charge in [-0.3, -0.25) is 0 Å². The van der Waals surface area contributed by atoms with Gasteiger partial charge in [-0.25, -0.2) is 8.78 Å². The molecule has 17 heavy (non-hydrogen) atoms. The molecule has 1 aromatic carbocycles. The highest BCUT2D eigenvalue weighted by Crippen LogP contribution is 2.28. The second-order valence-electron chi connectivity index (χ2n) is 3.45. The summed E-state index contributed by atoms with van der Waals surface area (Å²) < 4.78 is 48.6. The Hall–Kier alpha value is -1.50. The second-order valence-corrected chi connectivity index (χ2v) is 3.45. The van der Waals surface area contributed by atoms with E-state index in [9.17, 15) is 22.7 Å². The van der Waals surface area contributed by atoms with Crippen molar-refractivity contribution < 1.29 is 27.8 Å². The van der Waals surface area contributed by atoms with E-state index < -0.39 is 30.4 Å². The van der Waals surface area contributed by atoms with Gasteiger partial charge in [-0.05, 0) is 6.07 Å². The van der Waals surface area contributed by atoms with E-state index in [1.165, 1.54) is 18.2 Å². The van der Waals surface area contributed by atoms with Gasteiger partial charge < -0.3 is 15.5 Å². The molecule has 0 aliphatic heterocycles. The summed E-state index contributed by atoms with van der Waals surface area (Å²) in [4.78, 5) is 0. The molecule has 0 bridgehead atoms. The Morgan fingerprint density at radius 2 is 1.88 bits per heavy atom. The molecule has 0 aromatic heterocycles. The predicted molar refractivity (Wildman–Crippen MR) is 52.4 cm³/mol. The normalized spacial score (nSPS) is 12.1. The molecule has 1 aromatic rings. The van der Waals surface area contributed by atoms with Crippen molar-refractivity contribution in [3.05, 3.63) is 23.8 Å². The second kappa shape index (κ2) is 5.22. The van der Waals surface area contributed by atoms with Crippen LogP contribution in [-0.4, -0.2) is 29.1 Å². The van der Waals surface area contributed by atoms with E-state index in [0.29, 0.717) is 0 Å². The van der Waals surface area contributed by atoms with Crippen molar-refractivity contribution in [1.29, 1.82) is 0 Å². The Kier molecular flexibility index (Phi) is 4.17. The molecular weight excluding hydrogens is 242 g/mol. The quantitative estimate of drug-likeness (QED) is 0.556. The highest BCUT2D eigenvalue weighted by molar-refractivity contribution is 5.44. The summed E-state index contributed by atoms with van der Waals surface area (Å²) in [7, 11) is 0. The van der Waals surface area contributed by atoms with Gasteiger partial charge in [0.15, 0.2) is 11.5 Å². The molecule has 96 valence electrons. The number of phenols is 2. The minimum atomic E-state index is -4.12. The van der Waals surface area contributed by atoms with E-state index >= 15 is 0 Å². The summed E-state index contributed by atoms with van der Waals surface area (Å²) in [5.74, 6) is -4.97. The SMILES string of the molecule is Oc1cccc(CNCC(F)(F)C(F)F)c1O. The van der Waals surface area contributed by atoms with E-state index in [0.717, 1.165) is 0 Å². The van der Waals surface area contributed by atoms with Gasteiger partial charge in [0.2, 0.25) is 0 Å². The standard InChI is InChI=1S/C10H11F4NO2/c11-9(12)10(13,14)5-15-4-6-2-1-3-7(16)8(6)17/h1-3,9,15-17H,4-5H2. The third-order valence-electron chi connectivity index (χ3n) is 2.09. The molecule has 0 aliphatic rings. The van der Waals surface area contributed by atoms with Crippen molar-refractivity contribution >= 4 is 0 Å². The fourth-order valence-electron chi connectivity index (χ4n) is 1.16. The summed E-state index contributed by atoms with van der Waals surface area (Å²) in [6.45, 7) is -1.46. The zero-order valence-electron chi connectivity index (χ0n) is 8.63. The maximum atomic E-state index is 12.5. The Labute approximate surface area is 94.7 Å². The molecule has 0 radical (unpaired) electrons. The molecule has 0 saturated carbocycles. The summed E-state index contributed by atoms with van der Waals surface area (Å²) in [6.07, 6.45) is -3.74. The lowest BCUT2D eigenvalue weighted by Crippen LogP contribution is -2.38. The summed E-state index contributed by atoms with van der Waals surface area (Å²) in [5.41, 5.74) is 0.148. The first kappa shape index (κ1) is 13.6. The average molecular weight is 253 g/mol. The molecule has 0 heterocycles. The first-order valence-corrected chi connectivity index (χ1v) is 4.71. The van der Waals surface area contributed by atoms with Crippen LogP contribution in [0.4, 0.5) is 17.6 Å². The number of aromatic hydroxyl groups is 2. The Bertz CT molecular complexity index is 385. The molecule has 0 atom stereocenters. The maximum absolute atomic E-state index is 12.5. The molecule has 3 N–H and O–H groups in total. The van der Waals surface area contributed by atoms with Crippen molar-refractivity contribution in [2.24, 2.45) is 0 Å². The number of nitrogens with one attached hydrogen (secondary N) is 1. The molecule has 1 rings (SSSR count). The lowest BCUT2D eigenvalue weighted by atomic mass is 10.2. The van der Waals surface area contributed by atoms with Crippen LogP contribution >= 0.6 is 0 Å². The van der Waals surface area contributed by atoms with E-state index in [4.69, 9.17) is 5.11 Å². The van der Waals surface area contributed by atoms with E-state index in [2.05, 4.69) is 5.32 Å². The number of rotatable bonds is 5. The van der Waals surface area contributed by atoms with Gasteiger partial charge in [-0.1, -0.05) is 12.1 Å². The van der Waals surface area contributed by atoms with Gasteiger partial charge in [0.05, 0.1) is 6.54 Å². The molecule has 7 heteroatoms. The molecule has 3 nitrogen and oxygen atoms in total. The molecule has 0 fully saturated rings. The van der Waals surface area contributed by atoms with Crippen LogP contribution in [0.5, 0.6) is 11.5 Å². The smallest absolute Gasteiger partial charge is 0.319 e. The number of alkyl halides is 4. The van der Waals surface area contributed by atoms with Crippen LogP contribution in [0, 0.1) is 0 Å². The molecule has 0 amide bonds. The third kappa shape index (κ3) is 3.48. The number of benzene rings is 1. The lowest BCUT2D eigenvalue weighted by Gasteiger charge is -2.16. The molecular formula is C10H11F4NO2. The van der Waals surface area contributed by atoms with Crippen molar-refractivity contribution in [3.8, 4) is 11.5 Å².